The van der Waals surface area contributed by atoms with Gasteiger partial charge in [-0.15, -0.1) is 0 Å². The van der Waals surface area contributed by atoms with E-state index >= 15 is 0 Å². The van der Waals surface area contributed by atoms with Crippen molar-refractivity contribution < 1.29 is 9.84 Å². The van der Waals surface area contributed by atoms with Crippen LogP contribution in [0.3, 0.4) is 0 Å². The van der Waals surface area contributed by atoms with E-state index in [-0.39, 0.29) is 0 Å². The molecular formula is C16H17Cl2NO2. The molecule has 1 aromatic heterocycles. The van der Waals surface area contributed by atoms with E-state index in [0.29, 0.717) is 34.4 Å². The Bertz CT molecular complexity index is 584. The van der Waals surface area contributed by atoms with Gasteiger partial charge in [0.1, 0.15) is 5.75 Å². The maximum atomic E-state index is 10.4. The van der Waals surface area contributed by atoms with Crippen molar-refractivity contribution in [3.05, 3.63) is 57.8 Å². The largest absolute Gasteiger partial charge is 0.492 e. The highest BCUT2D eigenvalue weighted by Crippen LogP contribution is 2.29. The summed E-state index contributed by atoms with van der Waals surface area (Å²) in [5, 5.41) is 11.5. The zero-order valence-electron chi connectivity index (χ0n) is 11.7. The Labute approximate surface area is 134 Å². The molecule has 1 atom stereocenters. The van der Waals surface area contributed by atoms with Crippen molar-refractivity contribution >= 4 is 23.2 Å². The lowest BCUT2D eigenvalue weighted by molar-refractivity contribution is 0.177. The summed E-state index contributed by atoms with van der Waals surface area (Å²) < 4.78 is 5.52. The number of nitrogens with zero attached hydrogens (tertiary/aromatic N) is 1. The van der Waals surface area contributed by atoms with Gasteiger partial charge in [-0.2, -0.15) is 0 Å². The van der Waals surface area contributed by atoms with Crippen molar-refractivity contribution in [2.24, 2.45) is 0 Å². The first kappa shape index (κ1) is 16.1. The molecule has 0 fully saturated rings. The van der Waals surface area contributed by atoms with E-state index < -0.39 is 6.10 Å². The molecule has 112 valence electrons. The van der Waals surface area contributed by atoms with Crippen LogP contribution < -0.4 is 4.74 Å². The van der Waals surface area contributed by atoms with E-state index in [1.165, 1.54) is 0 Å². The van der Waals surface area contributed by atoms with E-state index in [2.05, 4.69) is 4.98 Å². The zero-order valence-corrected chi connectivity index (χ0v) is 13.2. The van der Waals surface area contributed by atoms with E-state index in [1.807, 2.05) is 6.92 Å². The van der Waals surface area contributed by atoms with Crippen LogP contribution in [0.2, 0.25) is 10.0 Å². The van der Waals surface area contributed by atoms with E-state index in [0.717, 1.165) is 12.0 Å². The summed E-state index contributed by atoms with van der Waals surface area (Å²) in [6.45, 7) is 2.66. The van der Waals surface area contributed by atoms with Crippen LogP contribution in [0.15, 0.2) is 36.7 Å². The highest BCUT2D eigenvalue weighted by atomic mass is 35.5. The van der Waals surface area contributed by atoms with Gasteiger partial charge in [-0.3, -0.25) is 4.98 Å². The third-order valence-corrected chi connectivity index (χ3v) is 3.76. The minimum Gasteiger partial charge on any atom is -0.492 e. The van der Waals surface area contributed by atoms with Crippen LogP contribution in [0.1, 0.15) is 30.6 Å². The highest BCUT2D eigenvalue weighted by Gasteiger charge is 2.14. The van der Waals surface area contributed by atoms with Crippen LogP contribution in [-0.4, -0.2) is 16.7 Å². The normalized spacial score (nSPS) is 12.2. The Kier molecular flexibility index (Phi) is 5.85. The fourth-order valence-corrected chi connectivity index (χ4v) is 2.51. The molecule has 21 heavy (non-hydrogen) atoms. The quantitative estimate of drug-likeness (QED) is 0.852. The SMILES string of the molecule is CCCOc1cncc(C(O)Cc2c(Cl)cccc2Cl)c1. The molecule has 0 bridgehead atoms. The lowest BCUT2D eigenvalue weighted by Gasteiger charge is -2.14. The number of aromatic nitrogens is 1. The smallest absolute Gasteiger partial charge is 0.137 e. The van der Waals surface area contributed by atoms with Gasteiger partial charge in [0.15, 0.2) is 0 Å². The highest BCUT2D eigenvalue weighted by molar-refractivity contribution is 6.35. The van der Waals surface area contributed by atoms with Crippen molar-refractivity contribution in [1.82, 2.24) is 4.98 Å². The predicted molar refractivity (Wildman–Crippen MR) is 85.1 cm³/mol. The molecule has 1 aromatic carbocycles. The zero-order chi connectivity index (χ0) is 15.2. The summed E-state index contributed by atoms with van der Waals surface area (Å²) in [7, 11) is 0. The molecule has 1 unspecified atom stereocenters. The number of rotatable bonds is 6. The number of pyridine rings is 1. The Balaban J connectivity index is 2.14. The molecule has 3 nitrogen and oxygen atoms in total. The topological polar surface area (TPSA) is 42.4 Å². The van der Waals surface area contributed by atoms with Gasteiger partial charge < -0.3 is 9.84 Å². The Morgan fingerprint density at radius 1 is 1.24 bits per heavy atom. The third kappa shape index (κ3) is 4.34. The van der Waals surface area contributed by atoms with Gasteiger partial charge in [-0.05, 0) is 30.2 Å². The minimum atomic E-state index is -0.736. The number of hydrogen-bond acceptors (Lipinski definition) is 3. The summed E-state index contributed by atoms with van der Waals surface area (Å²) in [4.78, 5) is 4.09. The maximum Gasteiger partial charge on any atom is 0.137 e. The standard InChI is InChI=1S/C16H17Cl2NO2/c1-2-6-21-12-7-11(9-19-10-12)16(20)8-13-14(17)4-3-5-15(13)18/h3-5,7,9-10,16,20H,2,6,8H2,1H3. The van der Waals surface area contributed by atoms with Crippen LogP contribution in [0.4, 0.5) is 0 Å². The predicted octanol–water partition coefficient (Wildman–Crippen LogP) is 4.45. The Hall–Kier alpha value is -1.29. The summed E-state index contributed by atoms with van der Waals surface area (Å²) >= 11 is 12.2. The Morgan fingerprint density at radius 2 is 1.95 bits per heavy atom. The number of ether oxygens (including phenoxy) is 1. The molecule has 0 aliphatic carbocycles. The van der Waals surface area contributed by atoms with Crippen LogP contribution in [0.25, 0.3) is 0 Å². The van der Waals surface area contributed by atoms with Gasteiger partial charge in [0, 0.05) is 28.2 Å². The molecule has 0 aliphatic heterocycles. The number of halogens is 2. The Morgan fingerprint density at radius 3 is 2.62 bits per heavy atom. The molecule has 0 saturated heterocycles. The molecule has 2 aromatic rings. The molecule has 0 aliphatic rings. The van der Waals surface area contributed by atoms with Crippen LogP contribution in [0.5, 0.6) is 5.75 Å². The van der Waals surface area contributed by atoms with Gasteiger partial charge >= 0.3 is 0 Å². The van der Waals surface area contributed by atoms with Gasteiger partial charge in [0.25, 0.3) is 0 Å². The fraction of sp³-hybridized carbons (Fsp3) is 0.312. The second-order valence-electron chi connectivity index (χ2n) is 4.72. The van der Waals surface area contributed by atoms with E-state index in [9.17, 15) is 5.11 Å². The lowest BCUT2D eigenvalue weighted by atomic mass is 10.0. The van der Waals surface area contributed by atoms with Gasteiger partial charge in [-0.1, -0.05) is 36.2 Å². The number of benzene rings is 1. The second-order valence-corrected chi connectivity index (χ2v) is 5.54. The molecular weight excluding hydrogens is 309 g/mol. The first-order valence-corrected chi connectivity index (χ1v) is 7.56. The van der Waals surface area contributed by atoms with Crippen molar-refractivity contribution in [3.8, 4) is 5.75 Å². The summed E-state index contributed by atoms with van der Waals surface area (Å²) in [6.07, 6.45) is 3.77. The molecule has 5 heteroatoms. The molecule has 0 amide bonds. The number of aliphatic hydroxyl groups is 1. The van der Waals surface area contributed by atoms with Gasteiger partial charge in [-0.25, -0.2) is 0 Å². The maximum absolute atomic E-state index is 10.4. The van der Waals surface area contributed by atoms with Crippen LogP contribution >= 0.6 is 23.2 Å². The molecule has 1 N–H and O–H groups in total. The fourth-order valence-electron chi connectivity index (χ4n) is 1.96. The average Bonchev–Trinajstić information content (AvgIpc) is 2.49. The second kappa shape index (κ2) is 7.64. The van der Waals surface area contributed by atoms with E-state index in [1.54, 1.807) is 36.7 Å². The van der Waals surface area contributed by atoms with E-state index in [4.69, 9.17) is 27.9 Å². The molecule has 0 saturated carbocycles. The lowest BCUT2D eigenvalue weighted by Crippen LogP contribution is -2.04. The molecule has 1 heterocycles. The summed E-state index contributed by atoms with van der Waals surface area (Å²) in [5.41, 5.74) is 1.41. The first-order chi connectivity index (χ1) is 10.1. The number of hydrogen-bond donors (Lipinski definition) is 1. The van der Waals surface area contributed by atoms with Gasteiger partial charge in [0.05, 0.1) is 18.9 Å². The van der Waals surface area contributed by atoms with Gasteiger partial charge in [0.2, 0.25) is 0 Å². The third-order valence-electron chi connectivity index (χ3n) is 3.05. The first-order valence-electron chi connectivity index (χ1n) is 6.80. The number of aliphatic hydroxyl groups excluding tert-OH is 1. The summed E-state index contributed by atoms with van der Waals surface area (Å²) in [6, 6.07) is 7.09. The molecule has 2 rings (SSSR count). The van der Waals surface area contributed by atoms with Crippen LogP contribution in [0, 0.1) is 0 Å². The average molecular weight is 326 g/mol. The minimum absolute atomic E-state index is 0.331. The molecule has 0 radical (unpaired) electrons. The molecule has 0 spiro atoms. The van der Waals surface area contributed by atoms with Crippen molar-refractivity contribution in [2.75, 3.05) is 6.61 Å². The van der Waals surface area contributed by atoms with Crippen LogP contribution in [-0.2, 0) is 6.42 Å². The van der Waals surface area contributed by atoms with Crippen molar-refractivity contribution in [3.63, 3.8) is 0 Å². The van der Waals surface area contributed by atoms with Crippen molar-refractivity contribution in [2.45, 2.75) is 25.9 Å². The monoisotopic (exact) mass is 325 g/mol. The summed E-state index contributed by atoms with van der Waals surface area (Å²) in [5.74, 6) is 0.652. The van der Waals surface area contributed by atoms with Crippen molar-refractivity contribution in [1.29, 1.82) is 0 Å².